The molecule has 0 fully saturated rings. The molecule has 0 aromatic carbocycles. The van der Waals surface area contributed by atoms with Crippen LogP contribution in [0.3, 0.4) is 0 Å². The van der Waals surface area contributed by atoms with E-state index in [0.29, 0.717) is 13.2 Å². The van der Waals surface area contributed by atoms with Gasteiger partial charge in [-0.2, -0.15) is 0 Å². The molecule has 0 aliphatic rings. The van der Waals surface area contributed by atoms with Crippen molar-refractivity contribution in [1.82, 2.24) is 9.80 Å². The number of hydrogen-bond acceptors (Lipinski definition) is 5. The molecule has 156 valence electrons. The van der Waals surface area contributed by atoms with Crippen LogP contribution in [0.1, 0.15) is 33.6 Å². The number of methoxy groups -OCH3 is 1. The number of likely N-dealkylation sites (N-methyl/N-ethyl adjacent to an activating group) is 1. The molecule has 27 heavy (non-hydrogen) atoms. The summed E-state index contributed by atoms with van der Waals surface area (Å²) in [7, 11) is 5.17. The molecule has 6 nitrogen and oxygen atoms in total. The van der Waals surface area contributed by atoms with Crippen molar-refractivity contribution in [3.63, 3.8) is 0 Å². The number of nitrogens with zero attached hydrogens (tertiary/aromatic N) is 2. The van der Waals surface area contributed by atoms with Gasteiger partial charge in [0.25, 0.3) is 0 Å². The molecule has 0 aromatic heterocycles. The van der Waals surface area contributed by atoms with Crippen LogP contribution < -0.4 is 0 Å². The lowest BCUT2D eigenvalue weighted by Crippen LogP contribution is -2.30. The first-order chi connectivity index (χ1) is 12.9. The van der Waals surface area contributed by atoms with Gasteiger partial charge in [-0.05, 0) is 39.1 Å². The number of carbonyl (C=O) groups is 1. The van der Waals surface area contributed by atoms with E-state index in [-0.39, 0.29) is 18.3 Å². The first kappa shape index (κ1) is 25.2. The molecule has 0 aromatic rings. The predicted octanol–water partition coefficient (Wildman–Crippen LogP) is 3.85. The van der Waals surface area contributed by atoms with Gasteiger partial charge in [-0.25, -0.2) is 4.79 Å². The Morgan fingerprint density at radius 1 is 1.22 bits per heavy atom. The van der Waals surface area contributed by atoms with Gasteiger partial charge in [0.2, 0.25) is 0 Å². The Labute approximate surface area is 165 Å². The van der Waals surface area contributed by atoms with E-state index in [1.54, 1.807) is 18.0 Å². The molecule has 0 spiro atoms. The summed E-state index contributed by atoms with van der Waals surface area (Å²) in [6.45, 7) is 13.1. The summed E-state index contributed by atoms with van der Waals surface area (Å²) in [4.78, 5) is 15.2. The molecule has 2 unspecified atom stereocenters. The van der Waals surface area contributed by atoms with Gasteiger partial charge in [0.15, 0.2) is 0 Å². The lowest BCUT2D eigenvalue weighted by Gasteiger charge is -2.22. The SMILES string of the molecule is C=C/C=C(\C=C/C(C)OCCN(C)CC)OC(CC)CCN(C)C(=O)OC. The number of allylic oxidation sites excluding steroid dienone is 3. The molecule has 1 amide bonds. The molecule has 6 heteroatoms. The minimum atomic E-state index is -0.341. The number of hydrogen-bond donors (Lipinski definition) is 0. The van der Waals surface area contributed by atoms with Crippen molar-refractivity contribution in [2.45, 2.75) is 45.8 Å². The highest BCUT2D eigenvalue weighted by atomic mass is 16.5. The second-order valence-electron chi connectivity index (χ2n) is 6.46. The molecule has 0 aliphatic heterocycles. The monoisotopic (exact) mass is 382 g/mol. The van der Waals surface area contributed by atoms with E-state index >= 15 is 0 Å². The topological polar surface area (TPSA) is 51.2 Å². The normalized spacial score (nSPS) is 14.3. The van der Waals surface area contributed by atoms with Crippen LogP contribution >= 0.6 is 0 Å². The summed E-state index contributed by atoms with van der Waals surface area (Å²) < 4.78 is 16.6. The highest BCUT2D eigenvalue weighted by Gasteiger charge is 2.13. The molecule has 0 heterocycles. The Balaban J connectivity index is 4.57. The van der Waals surface area contributed by atoms with Crippen molar-refractivity contribution in [2.75, 3.05) is 47.4 Å². The van der Waals surface area contributed by atoms with E-state index in [4.69, 9.17) is 14.2 Å². The molecule has 0 radical (unpaired) electrons. The third-order valence-corrected chi connectivity index (χ3v) is 4.24. The lowest BCUT2D eigenvalue weighted by atomic mass is 10.2. The van der Waals surface area contributed by atoms with Crippen molar-refractivity contribution >= 4 is 6.09 Å². The zero-order valence-corrected chi connectivity index (χ0v) is 17.9. The summed E-state index contributed by atoms with van der Waals surface area (Å²) in [5.41, 5.74) is 0. The maximum atomic E-state index is 11.5. The Hall–Kier alpha value is -1.79. The van der Waals surface area contributed by atoms with Crippen LogP contribution in [-0.2, 0) is 14.2 Å². The molecule has 2 atom stereocenters. The van der Waals surface area contributed by atoms with Gasteiger partial charge in [-0.3, -0.25) is 0 Å². The molecule has 0 saturated carbocycles. The highest BCUT2D eigenvalue weighted by Crippen LogP contribution is 2.13. The van der Waals surface area contributed by atoms with E-state index in [1.807, 2.05) is 25.2 Å². The quantitative estimate of drug-likeness (QED) is 0.337. The third kappa shape index (κ3) is 12.3. The van der Waals surface area contributed by atoms with Crippen molar-refractivity contribution in [1.29, 1.82) is 0 Å². The molecule has 0 N–H and O–H groups in total. The second kappa shape index (κ2) is 15.3. The van der Waals surface area contributed by atoms with Crippen LogP contribution in [0.25, 0.3) is 0 Å². The number of amides is 1. The van der Waals surface area contributed by atoms with Gasteiger partial charge in [0.05, 0.1) is 19.8 Å². The molecular formula is C21H38N2O4. The first-order valence-electron chi connectivity index (χ1n) is 9.64. The molecule has 0 rings (SSSR count). The maximum Gasteiger partial charge on any atom is 0.409 e. The zero-order valence-electron chi connectivity index (χ0n) is 17.9. The lowest BCUT2D eigenvalue weighted by molar-refractivity contribution is 0.0791. The van der Waals surface area contributed by atoms with Crippen LogP contribution in [0.2, 0.25) is 0 Å². The van der Waals surface area contributed by atoms with Crippen LogP contribution in [-0.4, -0.2) is 75.5 Å². The maximum absolute atomic E-state index is 11.5. The van der Waals surface area contributed by atoms with E-state index in [1.165, 1.54) is 7.11 Å². The van der Waals surface area contributed by atoms with Gasteiger partial charge in [-0.15, -0.1) is 0 Å². The minimum absolute atomic E-state index is 0.00221. The molecule has 0 bridgehead atoms. The summed E-state index contributed by atoms with van der Waals surface area (Å²) in [5.74, 6) is 0.735. The van der Waals surface area contributed by atoms with Crippen LogP contribution in [0.5, 0.6) is 0 Å². The van der Waals surface area contributed by atoms with Crippen LogP contribution in [0.15, 0.2) is 36.6 Å². The average Bonchev–Trinajstić information content (AvgIpc) is 2.67. The Morgan fingerprint density at radius 2 is 1.93 bits per heavy atom. The van der Waals surface area contributed by atoms with Crippen molar-refractivity contribution in [3.05, 3.63) is 36.6 Å². The van der Waals surface area contributed by atoms with E-state index < -0.39 is 0 Å². The van der Waals surface area contributed by atoms with E-state index in [2.05, 4.69) is 32.4 Å². The van der Waals surface area contributed by atoms with E-state index in [0.717, 1.165) is 31.7 Å². The fourth-order valence-corrected chi connectivity index (χ4v) is 2.21. The summed E-state index contributed by atoms with van der Waals surface area (Å²) >= 11 is 0. The number of carbonyl (C=O) groups excluding carboxylic acids is 1. The largest absolute Gasteiger partial charge is 0.490 e. The van der Waals surface area contributed by atoms with Gasteiger partial charge < -0.3 is 24.0 Å². The second-order valence-corrected chi connectivity index (χ2v) is 6.46. The Morgan fingerprint density at radius 3 is 2.48 bits per heavy atom. The Bertz CT molecular complexity index is 477. The van der Waals surface area contributed by atoms with Crippen molar-refractivity contribution < 1.29 is 19.0 Å². The number of ether oxygens (including phenoxy) is 3. The first-order valence-corrected chi connectivity index (χ1v) is 9.64. The van der Waals surface area contributed by atoms with Crippen molar-refractivity contribution in [2.24, 2.45) is 0 Å². The van der Waals surface area contributed by atoms with Gasteiger partial charge in [0, 0.05) is 26.6 Å². The Kier molecular flexibility index (Phi) is 14.3. The molecule has 0 aliphatic carbocycles. The fourth-order valence-electron chi connectivity index (χ4n) is 2.21. The highest BCUT2D eigenvalue weighted by molar-refractivity contribution is 5.66. The van der Waals surface area contributed by atoms with Gasteiger partial charge in [0.1, 0.15) is 11.9 Å². The summed E-state index contributed by atoms with van der Waals surface area (Å²) in [5, 5.41) is 0. The van der Waals surface area contributed by atoms with Crippen LogP contribution in [0.4, 0.5) is 4.79 Å². The summed E-state index contributed by atoms with van der Waals surface area (Å²) in [6, 6.07) is 0. The van der Waals surface area contributed by atoms with Crippen LogP contribution in [0, 0.1) is 0 Å². The standard InChI is InChI=1S/C21H38N2O4/c1-8-11-20(13-12-18(4)26-17-16-22(5)10-3)27-19(9-2)14-15-23(6)21(24)25-7/h8,11-13,18-19H,1,9-10,14-17H2,2-7H3/b13-12-,20-11+. The van der Waals surface area contributed by atoms with E-state index in [9.17, 15) is 4.79 Å². The number of rotatable bonds is 14. The van der Waals surface area contributed by atoms with Crippen molar-refractivity contribution in [3.8, 4) is 0 Å². The predicted molar refractivity (Wildman–Crippen MR) is 111 cm³/mol. The molecular weight excluding hydrogens is 344 g/mol. The smallest absolute Gasteiger partial charge is 0.409 e. The fraction of sp³-hybridized carbons (Fsp3) is 0.667. The minimum Gasteiger partial charge on any atom is -0.490 e. The summed E-state index contributed by atoms with van der Waals surface area (Å²) in [6.07, 6.45) is 8.66. The van der Waals surface area contributed by atoms with Gasteiger partial charge in [-0.1, -0.05) is 32.6 Å². The third-order valence-electron chi connectivity index (χ3n) is 4.24. The average molecular weight is 383 g/mol. The van der Waals surface area contributed by atoms with Gasteiger partial charge >= 0.3 is 6.09 Å². The zero-order chi connectivity index (χ0) is 20.7. The molecule has 0 saturated heterocycles.